The number of ketones is 1. The Morgan fingerprint density at radius 3 is 2.71 bits per heavy atom. The molecule has 24 heavy (non-hydrogen) atoms. The van der Waals surface area contributed by atoms with Crippen LogP contribution in [0.4, 0.5) is 0 Å². The molecule has 0 unspecified atom stereocenters. The molecule has 0 heterocycles. The fraction of sp³-hybridized carbons (Fsp3) is 0.714. The number of hydrogen-bond acceptors (Lipinski definition) is 3. The van der Waals surface area contributed by atoms with Gasteiger partial charge in [-0.25, -0.2) is 0 Å². The number of carbonyl (C=O) groups is 2. The van der Waals surface area contributed by atoms with E-state index in [0.29, 0.717) is 23.5 Å². The Kier molecular flexibility index (Phi) is 3.56. The maximum absolute atomic E-state index is 12.4. The molecule has 0 saturated heterocycles. The van der Waals surface area contributed by atoms with Gasteiger partial charge in [0, 0.05) is 18.8 Å². The van der Waals surface area contributed by atoms with Crippen molar-refractivity contribution in [2.24, 2.45) is 28.6 Å². The van der Waals surface area contributed by atoms with E-state index in [9.17, 15) is 9.59 Å². The summed E-state index contributed by atoms with van der Waals surface area (Å²) in [5.74, 6) is 1.82. The molecule has 0 aromatic rings. The van der Waals surface area contributed by atoms with Crippen molar-refractivity contribution in [3.05, 3.63) is 23.8 Å². The highest BCUT2D eigenvalue weighted by atomic mass is 16.5. The fourth-order valence-electron chi connectivity index (χ4n) is 6.24. The molecular formula is C21H28O3. The van der Waals surface area contributed by atoms with Crippen LogP contribution in [0.2, 0.25) is 0 Å². The summed E-state index contributed by atoms with van der Waals surface area (Å²) in [7, 11) is 0. The van der Waals surface area contributed by atoms with E-state index >= 15 is 0 Å². The SMILES string of the molecule is CC(=O)O[C@@H]1CC[C@@]2(C)C(=CC[C@@H]3[C@@H]2CC[C@]2(C)C(=O)C=C[C@@H]32)C1. The lowest BCUT2D eigenvalue weighted by Crippen LogP contribution is -2.50. The van der Waals surface area contributed by atoms with Gasteiger partial charge in [0.25, 0.3) is 0 Å². The van der Waals surface area contributed by atoms with E-state index in [2.05, 4.69) is 26.0 Å². The molecule has 2 fully saturated rings. The lowest BCUT2D eigenvalue weighted by Gasteiger charge is -2.56. The summed E-state index contributed by atoms with van der Waals surface area (Å²) in [6.07, 6.45) is 12.7. The molecule has 4 aliphatic rings. The van der Waals surface area contributed by atoms with E-state index in [4.69, 9.17) is 4.74 Å². The third kappa shape index (κ3) is 2.16. The highest BCUT2D eigenvalue weighted by Gasteiger charge is 2.57. The van der Waals surface area contributed by atoms with Crippen molar-refractivity contribution in [3.63, 3.8) is 0 Å². The predicted octanol–water partition coefficient (Wildman–Crippen LogP) is 4.23. The third-order valence-corrected chi connectivity index (χ3v) is 7.66. The Bertz CT molecular complexity index is 645. The van der Waals surface area contributed by atoms with Crippen LogP contribution >= 0.6 is 0 Å². The smallest absolute Gasteiger partial charge is 0.302 e. The quantitative estimate of drug-likeness (QED) is 0.534. The van der Waals surface area contributed by atoms with Crippen LogP contribution in [0.3, 0.4) is 0 Å². The molecule has 0 spiro atoms. The number of esters is 1. The Morgan fingerprint density at radius 1 is 1.21 bits per heavy atom. The number of rotatable bonds is 1. The first kappa shape index (κ1) is 16.1. The topological polar surface area (TPSA) is 43.4 Å². The molecule has 4 aliphatic carbocycles. The van der Waals surface area contributed by atoms with Crippen LogP contribution in [0.25, 0.3) is 0 Å². The van der Waals surface area contributed by atoms with Crippen molar-refractivity contribution in [1.82, 2.24) is 0 Å². The third-order valence-electron chi connectivity index (χ3n) is 7.66. The van der Waals surface area contributed by atoms with Crippen LogP contribution in [-0.2, 0) is 14.3 Å². The van der Waals surface area contributed by atoms with E-state index in [0.717, 1.165) is 38.5 Å². The zero-order chi connectivity index (χ0) is 17.1. The summed E-state index contributed by atoms with van der Waals surface area (Å²) in [4.78, 5) is 23.7. The molecule has 4 rings (SSSR count). The Labute approximate surface area is 144 Å². The van der Waals surface area contributed by atoms with Gasteiger partial charge < -0.3 is 4.74 Å². The number of hydrogen-bond donors (Lipinski definition) is 0. The van der Waals surface area contributed by atoms with E-state index in [1.165, 1.54) is 12.5 Å². The first-order chi connectivity index (χ1) is 11.3. The maximum Gasteiger partial charge on any atom is 0.302 e. The van der Waals surface area contributed by atoms with Crippen molar-refractivity contribution in [1.29, 1.82) is 0 Å². The number of allylic oxidation sites excluding steroid dienone is 3. The van der Waals surface area contributed by atoms with Gasteiger partial charge in [-0.3, -0.25) is 9.59 Å². The maximum atomic E-state index is 12.4. The average Bonchev–Trinajstić information content (AvgIpc) is 2.83. The lowest BCUT2D eigenvalue weighted by molar-refractivity contribution is -0.148. The molecule has 0 radical (unpaired) electrons. The molecule has 0 aliphatic heterocycles. The minimum atomic E-state index is -0.166. The minimum Gasteiger partial charge on any atom is -0.462 e. The van der Waals surface area contributed by atoms with Gasteiger partial charge in [-0.15, -0.1) is 0 Å². The molecule has 0 bridgehead atoms. The van der Waals surface area contributed by atoms with Crippen LogP contribution in [0.1, 0.15) is 59.3 Å². The largest absolute Gasteiger partial charge is 0.462 e. The molecule has 130 valence electrons. The second-order valence-electron chi connectivity index (χ2n) is 8.83. The van der Waals surface area contributed by atoms with Gasteiger partial charge in [-0.05, 0) is 61.3 Å². The normalized spacial score (nSPS) is 46.6. The summed E-state index contributed by atoms with van der Waals surface area (Å²) in [5.41, 5.74) is 1.57. The van der Waals surface area contributed by atoms with E-state index < -0.39 is 0 Å². The summed E-state index contributed by atoms with van der Waals surface area (Å²) < 4.78 is 5.49. The summed E-state index contributed by atoms with van der Waals surface area (Å²) in [6.45, 7) is 6.10. The molecule has 6 atom stereocenters. The van der Waals surface area contributed by atoms with Gasteiger partial charge in [-0.1, -0.05) is 31.6 Å². The second-order valence-corrected chi connectivity index (χ2v) is 8.83. The number of carbonyl (C=O) groups excluding carboxylic acids is 2. The second kappa shape index (κ2) is 5.31. The highest BCUT2D eigenvalue weighted by molar-refractivity contribution is 5.97. The van der Waals surface area contributed by atoms with Gasteiger partial charge in [0.2, 0.25) is 0 Å². The minimum absolute atomic E-state index is 0.0557. The molecule has 3 heteroatoms. The number of ether oxygens (including phenoxy) is 1. The van der Waals surface area contributed by atoms with Gasteiger partial charge in [-0.2, -0.15) is 0 Å². The van der Waals surface area contributed by atoms with E-state index in [-0.39, 0.29) is 22.9 Å². The predicted molar refractivity (Wildman–Crippen MR) is 92.2 cm³/mol. The van der Waals surface area contributed by atoms with E-state index in [1.54, 1.807) is 0 Å². The molecule has 0 aromatic carbocycles. The average molecular weight is 328 g/mol. The number of fused-ring (bicyclic) bond motifs is 5. The fourth-order valence-corrected chi connectivity index (χ4v) is 6.24. The Balaban J connectivity index is 1.61. The molecule has 2 saturated carbocycles. The zero-order valence-corrected chi connectivity index (χ0v) is 15.0. The van der Waals surface area contributed by atoms with Crippen molar-refractivity contribution < 1.29 is 14.3 Å². The Morgan fingerprint density at radius 2 is 1.96 bits per heavy atom. The summed E-state index contributed by atoms with van der Waals surface area (Å²) in [5, 5.41) is 0. The first-order valence-corrected chi connectivity index (χ1v) is 9.44. The van der Waals surface area contributed by atoms with Gasteiger partial charge in [0.05, 0.1) is 0 Å². The van der Waals surface area contributed by atoms with Gasteiger partial charge in [0.15, 0.2) is 5.78 Å². The standard InChI is InChI=1S/C21H28O3/c1-13(22)24-15-8-10-20(2)14(12-15)4-5-16-17-6-7-19(23)21(17,3)11-9-18(16)20/h4,6-7,15-18H,5,8-12H2,1-3H3/t15-,16+,17+,18+,20+,21+/m1/s1. The van der Waals surface area contributed by atoms with Gasteiger partial charge >= 0.3 is 5.97 Å². The van der Waals surface area contributed by atoms with Crippen molar-refractivity contribution >= 4 is 11.8 Å². The zero-order valence-electron chi connectivity index (χ0n) is 15.0. The molecular weight excluding hydrogens is 300 g/mol. The van der Waals surface area contributed by atoms with Crippen molar-refractivity contribution in [2.75, 3.05) is 0 Å². The van der Waals surface area contributed by atoms with Crippen LogP contribution < -0.4 is 0 Å². The highest BCUT2D eigenvalue weighted by Crippen LogP contribution is 2.62. The van der Waals surface area contributed by atoms with Gasteiger partial charge in [0.1, 0.15) is 6.10 Å². The summed E-state index contributed by atoms with van der Waals surface area (Å²) >= 11 is 0. The van der Waals surface area contributed by atoms with E-state index in [1.807, 2.05) is 6.08 Å². The van der Waals surface area contributed by atoms with Crippen LogP contribution in [0, 0.1) is 28.6 Å². The summed E-state index contributed by atoms with van der Waals surface area (Å²) in [6, 6.07) is 0. The Hall–Kier alpha value is -1.38. The lowest BCUT2D eigenvalue weighted by atomic mass is 9.48. The van der Waals surface area contributed by atoms with Crippen LogP contribution in [-0.4, -0.2) is 17.9 Å². The monoisotopic (exact) mass is 328 g/mol. The van der Waals surface area contributed by atoms with Crippen LogP contribution in [0.15, 0.2) is 23.8 Å². The first-order valence-electron chi connectivity index (χ1n) is 9.44. The molecule has 0 aromatic heterocycles. The molecule has 0 amide bonds. The molecule has 0 N–H and O–H groups in total. The van der Waals surface area contributed by atoms with Crippen LogP contribution in [0.5, 0.6) is 0 Å². The van der Waals surface area contributed by atoms with Crippen molar-refractivity contribution in [3.8, 4) is 0 Å². The molecule has 3 nitrogen and oxygen atoms in total. The van der Waals surface area contributed by atoms with Crippen molar-refractivity contribution in [2.45, 2.75) is 65.4 Å².